The first-order chi connectivity index (χ1) is 8.35. The first-order valence-electron chi connectivity index (χ1n) is 5.80. The number of ether oxygens (including phenoxy) is 1. The maximum absolute atomic E-state index is 11.7. The summed E-state index contributed by atoms with van der Waals surface area (Å²) in [5.74, 6) is 0.989. The van der Waals surface area contributed by atoms with Gasteiger partial charge in [0, 0.05) is 25.5 Å². The molecule has 1 saturated heterocycles. The normalized spacial score (nSPS) is 16.3. The van der Waals surface area contributed by atoms with E-state index in [1.54, 1.807) is 17.3 Å². The molecule has 1 fully saturated rings. The number of hydrogen-bond donors (Lipinski definition) is 0. The van der Waals surface area contributed by atoms with Gasteiger partial charge in [-0.2, -0.15) is 0 Å². The number of amides is 1. The lowest BCUT2D eigenvalue weighted by atomic mass is 10.00. The average Bonchev–Trinajstić information content (AvgIpc) is 2.15. The lowest BCUT2D eigenvalue weighted by Crippen LogP contribution is -2.50. The minimum atomic E-state index is -0.448. The van der Waals surface area contributed by atoms with Crippen molar-refractivity contribution in [2.75, 3.05) is 13.1 Å². The highest BCUT2D eigenvalue weighted by molar-refractivity contribution is 9.10. The second-order valence-electron chi connectivity index (χ2n) is 5.34. The molecule has 0 aromatic carbocycles. The second kappa shape index (κ2) is 4.84. The highest BCUT2D eigenvalue weighted by Crippen LogP contribution is 2.26. The molecule has 1 aliphatic rings. The molecule has 0 unspecified atom stereocenters. The molecule has 5 nitrogen and oxygen atoms in total. The number of likely N-dealkylation sites (tertiary alicyclic amines) is 1. The molecule has 18 heavy (non-hydrogen) atoms. The number of rotatable bonds is 1. The van der Waals surface area contributed by atoms with Crippen LogP contribution in [0.25, 0.3) is 0 Å². The zero-order valence-corrected chi connectivity index (χ0v) is 12.3. The van der Waals surface area contributed by atoms with Gasteiger partial charge >= 0.3 is 6.09 Å². The molecule has 0 bridgehead atoms. The van der Waals surface area contributed by atoms with Crippen LogP contribution >= 0.6 is 15.9 Å². The Hall–Kier alpha value is -1.17. The number of nitrogens with zero attached hydrogens (tertiary/aromatic N) is 3. The summed E-state index contributed by atoms with van der Waals surface area (Å²) in [6, 6.07) is 0. The molecule has 1 amide bonds. The van der Waals surface area contributed by atoms with Gasteiger partial charge in [-0.05, 0) is 36.7 Å². The number of halogens is 1. The maximum Gasteiger partial charge on any atom is 0.410 e. The van der Waals surface area contributed by atoms with E-state index in [4.69, 9.17) is 4.74 Å². The van der Waals surface area contributed by atoms with Crippen molar-refractivity contribution in [1.29, 1.82) is 0 Å². The van der Waals surface area contributed by atoms with E-state index in [0.717, 1.165) is 10.3 Å². The lowest BCUT2D eigenvalue weighted by Gasteiger charge is -2.38. The topological polar surface area (TPSA) is 55.3 Å². The minimum absolute atomic E-state index is 0.214. The summed E-state index contributed by atoms with van der Waals surface area (Å²) >= 11 is 3.29. The predicted octanol–water partition coefficient (Wildman–Crippen LogP) is 2.57. The van der Waals surface area contributed by atoms with E-state index in [-0.39, 0.29) is 12.0 Å². The van der Waals surface area contributed by atoms with Crippen LogP contribution in [0.4, 0.5) is 4.79 Å². The Morgan fingerprint density at radius 2 is 1.94 bits per heavy atom. The standard InChI is InChI=1S/C12H16BrN3O2/c1-12(2,3)18-11(17)16-6-8(7-16)10-14-4-9(13)5-15-10/h4-5,8H,6-7H2,1-3H3. The van der Waals surface area contributed by atoms with Crippen molar-refractivity contribution in [1.82, 2.24) is 14.9 Å². The Bertz CT molecular complexity index is 436. The van der Waals surface area contributed by atoms with Gasteiger partial charge in [-0.25, -0.2) is 14.8 Å². The summed E-state index contributed by atoms with van der Waals surface area (Å²) in [5, 5.41) is 0. The third kappa shape index (κ3) is 3.19. The Morgan fingerprint density at radius 3 is 2.44 bits per heavy atom. The smallest absolute Gasteiger partial charge is 0.410 e. The van der Waals surface area contributed by atoms with Gasteiger partial charge in [0.25, 0.3) is 0 Å². The quantitative estimate of drug-likeness (QED) is 0.799. The fourth-order valence-electron chi connectivity index (χ4n) is 1.65. The highest BCUT2D eigenvalue weighted by Gasteiger charge is 2.35. The van der Waals surface area contributed by atoms with E-state index in [9.17, 15) is 4.79 Å². The van der Waals surface area contributed by atoms with Crippen LogP contribution in [0.2, 0.25) is 0 Å². The number of carbonyl (C=O) groups is 1. The van der Waals surface area contributed by atoms with Gasteiger partial charge in [0.15, 0.2) is 0 Å². The fraction of sp³-hybridized carbons (Fsp3) is 0.583. The Balaban J connectivity index is 1.87. The highest BCUT2D eigenvalue weighted by atomic mass is 79.9. The van der Waals surface area contributed by atoms with Crippen LogP contribution in [-0.4, -0.2) is 39.7 Å². The zero-order valence-electron chi connectivity index (χ0n) is 10.7. The Labute approximate surface area is 115 Å². The summed E-state index contributed by atoms with van der Waals surface area (Å²) < 4.78 is 6.14. The van der Waals surface area contributed by atoms with E-state index in [0.29, 0.717) is 13.1 Å². The van der Waals surface area contributed by atoms with Crippen molar-refractivity contribution in [2.45, 2.75) is 32.3 Å². The molecule has 0 saturated carbocycles. The van der Waals surface area contributed by atoms with Crippen molar-refractivity contribution < 1.29 is 9.53 Å². The molecule has 1 aromatic rings. The lowest BCUT2D eigenvalue weighted by molar-refractivity contribution is 0.00752. The SMILES string of the molecule is CC(C)(C)OC(=O)N1CC(c2ncc(Br)cn2)C1. The zero-order chi connectivity index (χ0) is 13.3. The molecule has 0 radical (unpaired) electrons. The molecule has 0 spiro atoms. The van der Waals surface area contributed by atoms with Gasteiger partial charge in [0.2, 0.25) is 0 Å². The van der Waals surface area contributed by atoms with Gasteiger partial charge in [0.05, 0.1) is 10.4 Å². The summed E-state index contributed by atoms with van der Waals surface area (Å²) in [5.41, 5.74) is -0.448. The molecule has 0 atom stereocenters. The van der Waals surface area contributed by atoms with E-state index in [1.807, 2.05) is 20.8 Å². The molecule has 1 aliphatic heterocycles. The predicted molar refractivity (Wildman–Crippen MR) is 70.3 cm³/mol. The van der Waals surface area contributed by atoms with Crippen molar-refractivity contribution >= 4 is 22.0 Å². The second-order valence-corrected chi connectivity index (χ2v) is 6.26. The van der Waals surface area contributed by atoms with Crippen molar-refractivity contribution in [3.63, 3.8) is 0 Å². The first-order valence-corrected chi connectivity index (χ1v) is 6.60. The largest absolute Gasteiger partial charge is 0.444 e. The number of carbonyl (C=O) groups excluding carboxylic acids is 1. The molecular formula is C12H16BrN3O2. The van der Waals surface area contributed by atoms with Crippen molar-refractivity contribution in [3.8, 4) is 0 Å². The van der Waals surface area contributed by atoms with Gasteiger partial charge in [-0.3, -0.25) is 0 Å². The van der Waals surface area contributed by atoms with E-state index in [2.05, 4.69) is 25.9 Å². The van der Waals surface area contributed by atoms with E-state index in [1.165, 1.54) is 0 Å². The van der Waals surface area contributed by atoms with Gasteiger partial charge in [-0.15, -0.1) is 0 Å². The Morgan fingerprint density at radius 1 is 1.39 bits per heavy atom. The van der Waals surface area contributed by atoms with Crippen LogP contribution in [-0.2, 0) is 4.74 Å². The van der Waals surface area contributed by atoms with Crippen molar-refractivity contribution in [2.24, 2.45) is 0 Å². The molecular weight excluding hydrogens is 298 g/mol. The minimum Gasteiger partial charge on any atom is -0.444 e. The van der Waals surface area contributed by atoms with Crippen LogP contribution in [0.1, 0.15) is 32.5 Å². The van der Waals surface area contributed by atoms with Crippen LogP contribution < -0.4 is 0 Å². The van der Waals surface area contributed by atoms with E-state index >= 15 is 0 Å². The third-order valence-electron chi connectivity index (χ3n) is 2.54. The third-order valence-corrected chi connectivity index (χ3v) is 2.95. The van der Waals surface area contributed by atoms with Crippen LogP contribution in [0.15, 0.2) is 16.9 Å². The molecule has 98 valence electrons. The monoisotopic (exact) mass is 313 g/mol. The van der Waals surface area contributed by atoms with Crippen LogP contribution in [0, 0.1) is 0 Å². The average molecular weight is 314 g/mol. The van der Waals surface area contributed by atoms with Gasteiger partial charge < -0.3 is 9.64 Å². The van der Waals surface area contributed by atoms with E-state index < -0.39 is 5.60 Å². The summed E-state index contributed by atoms with van der Waals surface area (Å²) in [6.07, 6.45) is 3.17. The van der Waals surface area contributed by atoms with Crippen LogP contribution in [0.3, 0.4) is 0 Å². The summed E-state index contributed by atoms with van der Waals surface area (Å²) in [4.78, 5) is 21.9. The summed E-state index contributed by atoms with van der Waals surface area (Å²) in [6.45, 7) is 6.83. The molecule has 2 rings (SSSR count). The van der Waals surface area contributed by atoms with Crippen molar-refractivity contribution in [3.05, 3.63) is 22.7 Å². The van der Waals surface area contributed by atoms with Crippen LogP contribution in [0.5, 0.6) is 0 Å². The van der Waals surface area contributed by atoms with Gasteiger partial charge in [-0.1, -0.05) is 0 Å². The Kier molecular flexibility index (Phi) is 3.56. The number of aromatic nitrogens is 2. The first kappa shape index (κ1) is 13.3. The fourth-order valence-corrected chi connectivity index (χ4v) is 1.86. The molecule has 2 heterocycles. The maximum atomic E-state index is 11.7. The molecule has 0 N–H and O–H groups in total. The molecule has 6 heteroatoms. The molecule has 0 aliphatic carbocycles. The molecule has 1 aromatic heterocycles. The van der Waals surface area contributed by atoms with Gasteiger partial charge in [0.1, 0.15) is 11.4 Å². The number of hydrogen-bond acceptors (Lipinski definition) is 4. The summed E-state index contributed by atoms with van der Waals surface area (Å²) in [7, 11) is 0.